The maximum atomic E-state index is 5.81. The summed E-state index contributed by atoms with van der Waals surface area (Å²) in [6.07, 6.45) is 5.82. The molecule has 6 nitrogen and oxygen atoms in total. The van der Waals surface area contributed by atoms with Gasteiger partial charge in [0.05, 0.1) is 7.11 Å². The molecule has 1 aromatic carbocycles. The Morgan fingerprint density at radius 3 is 3.08 bits per heavy atom. The number of ether oxygens (including phenoxy) is 1. The van der Waals surface area contributed by atoms with E-state index in [4.69, 9.17) is 10.5 Å². The number of hydrogen-bond donors (Lipinski definition) is 2. The lowest BCUT2D eigenvalue weighted by Crippen LogP contribution is -2.22. The molecule has 3 N–H and O–H groups in total. The van der Waals surface area contributed by atoms with Gasteiger partial charge in [0.15, 0.2) is 15.8 Å². The van der Waals surface area contributed by atoms with E-state index in [9.17, 15) is 0 Å². The van der Waals surface area contributed by atoms with Crippen molar-refractivity contribution in [1.29, 1.82) is 0 Å². The summed E-state index contributed by atoms with van der Waals surface area (Å²) in [5.41, 5.74) is 9.32. The minimum atomic E-state index is 0.320. The summed E-state index contributed by atoms with van der Waals surface area (Å²) in [6.45, 7) is 0. The zero-order chi connectivity index (χ0) is 16.5. The molecule has 0 saturated heterocycles. The van der Waals surface area contributed by atoms with Crippen molar-refractivity contribution in [3.8, 4) is 5.75 Å². The Labute approximate surface area is 144 Å². The monoisotopic (exact) mass is 341 g/mol. The van der Waals surface area contributed by atoms with Crippen LogP contribution in [0.15, 0.2) is 24.5 Å². The lowest BCUT2D eigenvalue weighted by molar-refractivity contribution is 0.414. The van der Waals surface area contributed by atoms with Crippen LogP contribution in [0.4, 0.5) is 10.9 Å². The molecule has 2 heterocycles. The van der Waals surface area contributed by atoms with E-state index in [2.05, 4.69) is 32.4 Å². The number of aromatic nitrogens is 3. The van der Waals surface area contributed by atoms with Gasteiger partial charge in [-0.05, 0) is 48.9 Å². The summed E-state index contributed by atoms with van der Waals surface area (Å²) in [4.78, 5) is 13.8. The Morgan fingerprint density at radius 2 is 2.21 bits per heavy atom. The minimum Gasteiger partial charge on any atom is -0.497 e. The molecule has 0 spiro atoms. The average Bonchev–Trinajstić information content (AvgIpc) is 2.85. The van der Waals surface area contributed by atoms with E-state index in [0.717, 1.165) is 47.6 Å². The second-order valence-corrected chi connectivity index (χ2v) is 7.01. The summed E-state index contributed by atoms with van der Waals surface area (Å²) in [6, 6.07) is 6.68. The van der Waals surface area contributed by atoms with E-state index in [1.165, 1.54) is 22.5 Å². The van der Waals surface area contributed by atoms with E-state index in [0.29, 0.717) is 11.2 Å². The number of aryl methyl sites for hydroxylation is 1. The third-order valence-electron chi connectivity index (χ3n) is 4.43. The number of anilines is 2. The highest BCUT2D eigenvalue weighted by Crippen LogP contribution is 2.29. The molecule has 0 fully saturated rings. The minimum absolute atomic E-state index is 0.320. The largest absolute Gasteiger partial charge is 0.497 e. The first kappa shape index (κ1) is 15.1. The van der Waals surface area contributed by atoms with Crippen LogP contribution in [0.1, 0.15) is 24.0 Å². The Balaban J connectivity index is 1.60. The number of methoxy groups -OCH3 is 1. The predicted octanol–water partition coefficient (Wildman–Crippen LogP) is 3.04. The van der Waals surface area contributed by atoms with E-state index in [1.807, 2.05) is 6.07 Å². The summed E-state index contributed by atoms with van der Waals surface area (Å²) in [7, 11) is 1.71. The molecule has 124 valence electrons. The third kappa shape index (κ3) is 2.87. The molecule has 3 aromatic rings. The number of nitrogens with one attached hydrogen (secondary N) is 1. The first-order valence-corrected chi connectivity index (χ1v) is 8.84. The summed E-state index contributed by atoms with van der Waals surface area (Å²) >= 11 is 1.39. The summed E-state index contributed by atoms with van der Waals surface area (Å²) < 4.78 is 5.34. The Bertz CT molecular complexity index is 879. The van der Waals surface area contributed by atoms with Gasteiger partial charge in [0.1, 0.15) is 17.6 Å². The molecular weight excluding hydrogens is 322 g/mol. The molecule has 4 rings (SSSR count). The van der Waals surface area contributed by atoms with Gasteiger partial charge in [-0.3, -0.25) is 0 Å². The standard InChI is InChI=1S/C17H19N5OS/c1-23-13-6-5-11-7-12(4-2-3-10(11)8-13)21-15-14-16(20-9-19-15)24-17(18)22-14/h5-6,8-9,12H,2-4,7H2,1H3,(H2,18,22)(H,19,20,21). The van der Waals surface area contributed by atoms with Gasteiger partial charge in [-0.25, -0.2) is 15.0 Å². The van der Waals surface area contributed by atoms with Crippen molar-refractivity contribution in [3.05, 3.63) is 35.7 Å². The van der Waals surface area contributed by atoms with Gasteiger partial charge in [0, 0.05) is 6.04 Å². The van der Waals surface area contributed by atoms with Crippen LogP contribution < -0.4 is 15.8 Å². The summed E-state index contributed by atoms with van der Waals surface area (Å²) in [5, 5.41) is 4.07. The highest BCUT2D eigenvalue weighted by atomic mass is 32.1. The van der Waals surface area contributed by atoms with Crippen LogP contribution in [0.25, 0.3) is 10.3 Å². The number of rotatable bonds is 3. The number of nitrogen functional groups attached to an aromatic ring is 1. The molecule has 1 atom stereocenters. The normalized spacial score (nSPS) is 17.3. The Kier molecular flexibility index (Phi) is 3.93. The average molecular weight is 341 g/mol. The van der Waals surface area contributed by atoms with Crippen LogP contribution in [0, 0.1) is 0 Å². The van der Waals surface area contributed by atoms with Crippen molar-refractivity contribution in [3.63, 3.8) is 0 Å². The lowest BCUT2D eigenvalue weighted by Gasteiger charge is -2.17. The molecule has 7 heteroatoms. The molecule has 1 aliphatic rings. The topological polar surface area (TPSA) is 86.0 Å². The maximum Gasteiger partial charge on any atom is 0.182 e. The van der Waals surface area contributed by atoms with E-state index in [-0.39, 0.29) is 0 Å². The SMILES string of the molecule is COc1ccc2c(c1)CCCC(Nc1ncnc3sc(N)nc13)C2. The van der Waals surface area contributed by atoms with E-state index < -0.39 is 0 Å². The highest BCUT2D eigenvalue weighted by Gasteiger charge is 2.19. The quantitative estimate of drug-likeness (QED) is 0.712. The second-order valence-electron chi connectivity index (χ2n) is 6.00. The maximum absolute atomic E-state index is 5.81. The number of thiazole rings is 1. The zero-order valence-corrected chi connectivity index (χ0v) is 14.3. The molecule has 0 saturated carbocycles. The van der Waals surface area contributed by atoms with Crippen LogP contribution in [-0.2, 0) is 12.8 Å². The van der Waals surface area contributed by atoms with Crippen molar-refractivity contribution in [2.45, 2.75) is 31.7 Å². The lowest BCUT2D eigenvalue weighted by atomic mass is 10.0. The summed E-state index contributed by atoms with van der Waals surface area (Å²) in [5.74, 6) is 1.70. The molecule has 0 bridgehead atoms. The molecule has 24 heavy (non-hydrogen) atoms. The van der Waals surface area contributed by atoms with Crippen molar-refractivity contribution >= 4 is 32.6 Å². The van der Waals surface area contributed by atoms with Crippen LogP contribution in [0.5, 0.6) is 5.75 Å². The number of fused-ring (bicyclic) bond motifs is 2. The number of nitrogens with two attached hydrogens (primary N) is 1. The van der Waals surface area contributed by atoms with Crippen molar-refractivity contribution in [1.82, 2.24) is 15.0 Å². The van der Waals surface area contributed by atoms with Gasteiger partial charge in [0.25, 0.3) is 0 Å². The van der Waals surface area contributed by atoms with Crippen LogP contribution in [0.2, 0.25) is 0 Å². The first-order valence-electron chi connectivity index (χ1n) is 8.02. The van der Waals surface area contributed by atoms with Crippen LogP contribution in [-0.4, -0.2) is 28.1 Å². The van der Waals surface area contributed by atoms with Crippen LogP contribution in [0.3, 0.4) is 0 Å². The van der Waals surface area contributed by atoms with Gasteiger partial charge < -0.3 is 15.8 Å². The van der Waals surface area contributed by atoms with Gasteiger partial charge in [-0.1, -0.05) is 17.4 Å². The fourth-order valence-electron chi connectivity index (χ4n) is 3.26. The number of nitrogens with zero attached hydrogens (tertiary/aromatic N) is 3. The smallest absolute Gasteiger partial charge is 0.182 e. The van der Waals surface area contributed by atoms with Crippen molar-refractivity contribution in [2.24, 2.45) is 0 Å². The Hall–Kier alpha value is -2.41. The fraction of sp³-hybridized carbons (Fsp3) is 0.353. The van der Waals surface area contributed by atoms with Crippen molar-refractivity contribution in [2.75, 3.05) is 18.2 Å². The molecule has 1 unspecified atom stereocenters. The first-order chi connectivity index (χ1) is 11.7. The number of benzene rings is 1. The molecule has 1 aliphatic carbocycles. The Morgan fingerprint density at radius 1 is 1.29 bits per heavy atom. The van der Waals surface area contributed by atoms with Crippen LogP contribution >= 0.6 is 11.3 Å². The molecule has 0 radical (unpaired) electrons. The van der Waals surface area contributed by atoms with E-state index >= 15 is 0 Å². The zero-order valence-electron chi connectivity index (χ0n) is 13.5. The molecule has 0 amide bonds. The van der Waals surface area contributed by atoms with Gasteiger partial charge in [-0.2, -0.15) is 0 Å². The van der Waals surface area contributed by atoms with Gasteiger partial charge in [0.2, 0.25) is 0 Å². The van der Waals surface area contributed by atoms with E-state index in [1.54, 1.807) is 13.4 Å². The fourth-order valence-corrected chi connectivity index (χ4v) is 3.93. The molecule has 2 aromatic heterocycles. The van der Waals surface area contributed by atoms with Crippen molar-refractivity contribution < 1.29 is 4.74 Å². The predicted molar refractivity (Wildman–Crippen MR) is 96.7 cm³/mol. The highest BCUT2D eigenvalue weighted by molar-refractivity contribution is 7.21. The van der Waals surface area contributed by atoms with Gasteiger partial charge >= 0.3 is 0 Å². The third-order valence-corrected chi connectivity index (χ3v) is 5.22. The van der Waals surface area contributed by atoms with Gasteiger partial charge in [-0.15, -0.1) is 0 Å². The molecular formula is C17H19N5OS. The second kappa shape index (κ2) is 6.24. The number of hydrogen-bond acceptors (Lipinski definition) is 7. The molecule has 0 aliphatic heterocycles.